The molecule has 1 fully saturated rings. The first kappa shape index (κ1) is 15.2. The van der Waals surface area contributed by atoms with Gasteiger partial charge in [0.1, 0.15) is 10.1 Å². The lowest BCUT2D eigenvalue weighted by atomic mass is 10.1. The van der Waals surface area contributed by atoms with Crippen LogP contribution in [-0.2, 0) is 0 Å². The fourth-order valence-corrected chi connectivity index (χ4v) is 2.90. The molecule has 0 bridgehead atoms. The summed E-state index contributed by atoms with van der Waals surface area (Å²) in [5.41, 5.74) is 2.36. The molecule has 0 saturated heterocycles. The van der Waals surface area contributed by atoms with E-state index >= 15 is 0 Å². The van der Waals surface area contributed by atoms with Crippen molar-refractivity contribution in [1.82, 2.24) is 0 Å². The number of carbonyl (C=O) groups excluding carboxylic acids is 1. The van der Waals surface area contributed by atoms with Crippen molar-refractivity contribution in [1.29, 1.82) is 0 Å². The smallest absolute Gasteiger partial charge is 0.255 e. The van der Waals surface area contributed by atoms with E-state index < -0.39 is 4.33 Å². The Kier molecular flexibility index (Phi) is 4.02. The van der Waals surface area contributed by atoms with Crippen molar-refractivity contribution in [2.24, 2.45) is 0 Å². The number of nitrogens with one attached hydrogen (secondary N) is 1. The average molecular weight is 336 g/mol. The van der Waals surface area contributed by atoms with Crippen molar-refractivity contribution >= 4 is 34.8 Å². The summed E-state index contributed by atoms with van der Waals surface area (Å²) in [5, 5.41) is 2.86. The number of hydrogen-bond acceptors (Lipinski definition) is 2. The number of carbonyl (C=O) groups is 1. The number of methoxy groups -OCH3 is 1. The predicted octanol–water partition coefficient (Wildman–Crippen LogP) is 4.61. The fraction of sp³-hybridized carbons (Fsp3) is 0.235. The maximum atomic E-state index is 12.2. The minimum atomic E-state index is -0.634. The van der Waals surface area contributed by atoms with Crippen LogP contribution in [0.25, 0.3) is 0 Å². The first-order valence-electron chi connectivity index (χ1n) is 6.93. The molecule has 2 aromatic rings. The van der Waals surface area contributed by atoms with E-state index in [1.165, 1.54) is 0 Å². The Morgan fingerprint density at radius 1 is 1.23 bits per heavy atom. The maximum Gasteiger partial charge on any atom is 0.255 e. The summed E-state index contributed by atoms with van der Waals surface area (Å²) in [5.74, 6) is 0.651. The molecule has 22 heavy (non-hydrogen) atoms. The highest BCUT2D eigenvalue weighted by Gasteiger charge is 2.52. The van der Waals surface area contributed by atoms with E-state index in [1.54, 1.807) is 31.4 Å². The lowest BCUT2D eigenvalue weighted by molar-refractivity contribution is 0.102. The van der Waals surface area contributed by atoms with Gasteiger partial charge in [0.15, 0.2) is 0 Å². The van der Waals surface area contributed by atoms with E-state index in [0.717, 1.165) is 17.7 Å². The van der Waals surface area contributed by atoms with Crippen LogP contribution in [0.3, 0.4) is 0 Å². The Bertz CT molecular complexity index is 698. The second kappa shape index (κ2) is 5.82. The Balaban J connectivity index is 1.69. The van der Waals surface area contributed by atoms with Gasteiger partial charge in [-0.15, -0.1) is 23.2 Å². The third-order valence-electron chi connectivity index (χ3n) is 3.73. The normalized spacial score (nSPS) is 18.6. The highest BCUT2D eigenvalue weighted by atomic mass is 35.5. The van der Waals surface area contributed by atoms with Crippen molar-refractivity contribution in [2.45, 2.75) is 16.7 Å². The topological polar surface area (TPSA) is 38.3 Å². The van der Waals surface area contributed by atoms with Crippen LogP contribution >= 0.6 is 23.2 Å². The molecule has 0 aliphatic heterocycles. The molecule has 114 valence electrons. The molecule has 0 radical (unpaired) electrons. The first-order chi connectivity index (χ1) is 10.5. The maximum absolute atomic E-state index is 12.2. The van der Waals surface area contributed by atoms with Crippen molar-refractivity contribution in [3.8, 4) is 5.75 Å². The summed E-state index contributed by atoms with van der Waals surface area (Å²) in [7, 11) is 1.57. The zero-order valence-corrected chi connectivity index (χ0v) is 13.5. The summed E-state index contributed by atoms with van der Waals surface area (Å²) < 4.78 is 4.49. The predicted molar refractivity (Wildman–Crippen MR) is 89.2 cm³/mol. The summed E-state index contributed by atoms with van der Waals surface area (Å²) >= 11 is 12.1. The summed E-state index contributed by atoms with van der Waals surface area (Å²) in [6.45, 7) is 0. The molecule has 1 saturated carbocycles. The van der Waals surface area contributed by atoms with Gasteiger partial charge >= 0.3 is 0 Å². The number of halogens is 2. The second-order valence-electron chi connectivity index (χ2n) is 5.33. The highest BCUT2D eigenvalue weighted by molar-refractivity contribution is 6.51. The standard InChI is InChI=1S/C17H15Cl2NO2/c1-22-14-4-2-3-12(9-14)16(21)20-13-7-5-11(6-8-13)15-10-17(15,18)19/h2-9,15H,10H2,1H3,(H,20,21)/t15-/m0/s1. The van der Waals surface area contributed by atoms with Crippen molar-refractivity contribution in [2.75, 3.05) is 12.4 Å². The number of alkyl halides is 2. The lowest BCUT2D eigenvalue weighted by Gasteiger charge is -2.08. The number of rotatable bonds is 4. The molecule has 0 heterocycles. The molecular weight excluding hydrogens is 321 g/mol. The Labute approximate surface area is 139 Å². The molecule has 3 rings (SSSR count). The quantitative estimate of drug-likeness (QED) is 0.828. The van der Waals surface area contributed by atoms with Gasteiger partial charge in [-0.1, -0.05) is 18.2 Å². The molecule has 0 spiro atoms. The number of anilines is 1. The molecule has 2 aromatic carbocycles. The molecule has 0 aromatic heterocycles. The van der Waals surface area contributed by atoms with Crippen molar-refractivity contribution in [3.63, 3.8) is 0 Å². The van der Waals surface area contributed by atoms with Gasteiger partial charge in [0, 0.05) is 17.2 Å². The van der Waals surface area contributed by atoms with Gasteiger partial charge in [0.05, 0.1) is 7.11 Å². The van der Waals surface area contributed by atoms with Crippen molar-refractivity contribution in [3.05, 3.63) is 59.7 Å². The SMILES string of the molecule is COc1cccc(C(=O)Nc2ccc([C@@H]3CC3(Cl)Cl)cc2)c1. The minimum Gasteiger partial charge on any atom is -0.497 e. The van der Waals surface area contributed by atoms with Crippen LogP contribution < -0.4 is 10.1 Å². The molecular formula is C17H15Cl2NO2. The van der Waals surface area contributed by atoms with Crippen LogP contribution in [0.15, 0.2) is 48.5 Å². The molecule has 1 aliphatic carbocycles. The Morgan fingerprint density at radius 3 is 2.50 bits per heavy atom. The third kappa shape index (κ3) is 3.21. The number of hydrogen-bond donors (Lipinski definition) is 1. The third-order valence-corrected chi connectivity index (χ3v) is 4.56. The molecule has 1 atom stereocenters. The fourth-order valence-electron chi connectivity index (χ4n) is 2.34. The molecule has 1 amide bonds. The van der Waals surface area contributed by atoms with Crippen LogP contribution in [-0.4, -0.2) is 17.4 Å². The molecule has 1 N–H and O–H groups in total. The number of benzene rings is 2. The van der Waals surface area contributed by atoms with Crippen LogP contribution in [0.5, 0.6) is 5.75 Å². The van der Waals surface area contributed by atoms with Gasteiger partial charge in [-0.2, -0.15) is 0 Å². The van der Waals surface area contributed by atoms with Gasteiger partial charge < -0.3 is 10.1 Å². The van der Waals surface area contributed by atoms with E-state index in [1.807, 2.05) is 24.3 Å². The summed E-state index contributed by atoms with van der Waals surface area (Å²) in [4.78, 5) is 12.2. The highest BCUT2D eigenvalue weighted by Crippen LogP contribution is 2.59. The molecule has 0 unspecified atom stereocenters. The largest absolute Gasteiger partial charge is 0.497 e. The monoisotopic (exact) mass is 335 g/mol. The van der Waals surface area contributed by atoms with Crippen molar-refractivity contribution < 1.29 is 9.53 Å². The second-order valence-corrected chi connectivity index (χ2v) is 6.87. The zero-order valence-electron chi connectivity index (χ0n) is 12.0. The van der Waals surface area contributed by atoms with Gasteiger partial charge in [0.25, 0.3) is 5.91 Å². The Morgan fingerprint density at radius 2 is 1.91 bits per heavy atom. The zero-order chi connectivity index (χ0) is 15.7. The van der Waals surface area contributed by atoms with Gasteiger partial charge in [-0.05, 0) is 42.3 Å². The summed E-state index contributed by atoms with van der Waals surface area (Å²) in [6, 6.07) is 14.6. The van der Waals surface area contributed by atoms with E-state index in [0.29, 0.717) is 11.3 Å². The first-order valence-corrected chi connectivity index (χ1v) is 7.68. The van der Waals surface area contributed by atoms with E-state index in [9.17, 15) is 4.79 Å². The molecule has 1 aliphatic rings. The number of amides is 1. The van der Waals surface area contributed by atoms with Gasteiger partial charge in [-0.25, -0.2) is 0 Å². The van der Waals surface area contributed by atoms with Crippen LogP contribution in [0, 0.1) is 0 Å². The number of ether oxygens (including phenoxy) is 1. The lowest BCUT2D eigenvalue weighted by Crippen LogP contribution is -2.11. The van der Waals surface area contributed by atoms with Crippen LogP contribution in [0.2, 0.25) is 0 Å². The average Bonchev–Trinajstić information content (AvgIpc) is 3.16. The van der Waals surface area contributed by atoms with Gasteiger partial charge in [-0.3, -0.25) is 4.79 Å². The molecule has 3 nitrogen and oxygen atoms in total. The minimum absolute atomic E-state index is 0.179. The van der Waals surface area contributed by atoms with Crippen LogP contribution in [0.4, 0.5) is 5.69 Å². The van der Waals surface area contributed by atoms with E-state index in [2.05, 4.69) is 5.32 Å². The van der Waals surface area contributed by atoms with Crippen LogP contribution in [0.1, 0.15) is 28.3 Å². The molecule has 5 heteroatoms. The Hall–Kier alpha value is -1.71. The van der Waals surface area contributed by atoms with E-state index in [4.69, 9.17) is 27.9 Å². The summed E-state index contributed by atoms with van der Waals surface area (Å²) in [6.07, 6.45) is 0.769. The van der Waals surface area contributed by atoms with E-state index in [-0.39, 0.29) is 11.8 Å². The van der Waals surface area contributed by atoms with Gasteiger partial charge in [0.2, 0.25) is 0 Å².